The zero-order chi connectivity index (χ0) is 14.4. The number of halogens is 1. The van der Waals surface area contributed by atoms with Crippen LogP contribution in [0.1, 0.15) is 46.5 Å². The van der Waals surface area contributed by atoms with Crippen LogP contribution in [0.25, 0.3) is 0 Å². The molecule has 1 rings (SSSR count). The molecular formula is C14H28ClN3O2. The van der Waals surface area contributed by atoms with E-state index in [1.54, 1.807) is 0 Å². The van der Waals surface area contributed by atoms with Gasteiger partial charge in [-0.1, -0.05) is 13.3 Å². The molecule has 6 heteroatoms. The van der Waals surface area contributed by atoms with Crippen molar-refractivity contribution in [3.05, 3.63) is 0 Å². The third-order valence-corrected chi connectivity index (χ3v) is 3.62. The predicted octanol–water partition coefficient (Wildman–Crippen LogP) is 1.20. The maximum atomic E-state index is 12.0. The summed E-state index contributed by atoms with van der Waals surface area (Å²) in [4.78, 5) is 23.8. The zero-order valence-corrected chi connectivity index (χ0v) is 13.5. The first-order valence-electron chi connectivity index (χ1n) is 7.24. The van der Waals surface area contributed by atoms with Gasteiger partial charge in [-0.15, -0.1) is 12.4 Å². The molecule has 1 aliphatic rings. The summed E-state index contributed by atoms with van der Waals surface area (Å²) in [6.07, 6.45) is 3.59. The lowest BCUT2D eigenvalue weighted by molar-refractivity contribution is -0.129. The smallest absolute Gasteiger partial charge is 0.224 e. The second-order valence-electron chi connectivity index (χ2n) is 5.87. The maximum Gasteiger partial charge on any atom is 0.224 e. The number of nitrogens with two attached hydrogens (primary N) is 1. The van der Waals surface area contributed by atoms with Gasteiger partial charge in [-0.05, 0) is 33.1 Å². The second-order valence-corrected chi connectivity index (χ2v) is 5.87. The lowest BCUT2D eigenvalue weighted by atomic mass is 9.84. The largest absolute Gasteiger partial charge is 0.354 e. The van der Waals surface area contributed by atoms with Gasteiger partial charge < -0.3 is 16.4 Å². The van der Waals surface area contributed by atoms with Crippen molar-refractivity contribution in [2.24, 2.45) is 17.6 Å². The highest BCUT2D eigenvalue weighted by Crippen LogP contribution is 2.24. The Morgan fingerprint density at radius 3 is 2.45 bits per heavy atom. The van der Waals surface area contributed by atoms with Crippen LogP contribution in [-0.4, -0.2) is 30.4 Å². The van der Waals surface area contributed by atoms with E-state index in [2.05, 4.69) is 10.6 Å². The SMILES string of the molecule is CC(C)NC(=O)C1CCCC(NC(=O)C(C)CN)C1.Cl. The van der Waals surface area contributed by atoms with Crippen LogP contribution >= 0.6 is 12.4 Å². The summed E-state index contributed by atoms with van der Waals surface area (Å²) in [6, 6.07) is 0.276. The van der Waals surface area contributed by atoms with Crippen molar-refractivity contribution in [2.45, 2.75) is 58.5 Å². The third-order valence-electron chi connectivity index (χ3n) is 3.62. The van der Waals surface area contributed by atoms with Crippen LogP contribution < -0.4 is 16.4 Å². The monoisotopic (exact) mass is 305 g/mol. The molecule has 0 bridgehead atoms. The number of rotatable bonds is 5. The van der Waals surface area contributed by atoms with Crippen LogP contribution in [0.2, 0.25) is 0 Å². The molecule has 0 heterocycles. The van der Waals surface area contributed by atoms with E-state index in [4.69, 9.17) is 5.73 Å². The Morgan fingerprint density at radius 1 is 1.25 bits per heavy atom. The number of carbonyl (C=O) groups is 2. The molecule has 1 saturated carbocycles. The molecule has 0 radical (unpaired) electrons. The van der Waals surface area contributed by atoms with Crippen molar-refractivity contribution in [2.75, 3.05) is 6.54 Å². The predicted molar refractivity (Wildman–Crippen MR) is 82.6 cm³/mol. The molecule has 0 aromatic rings. The molecule has 4 N–H and O–H groups in total. The minimum Gasteiger partial charge on any atom is -0.354 e. The molecule has 5 nitrogen and oxygen atoms in total. The molecule has 0 aromatic heterocycles. The van der Waals surface area contributed by atoms with Gasteiger partial charge in [0.2, 0.25) is 11.8 Å². The van der Waals surface area contributed by atoms with Crippen molar-refractivity contribution >= 4 is 24.2 Å². The highest BCUT2D eigenvalue weighted by molar-refractivity contribution is 5.85. The Bertz CT molecular complexity index is 324. The number of carbonyl (C=O) groups excluding carboxylic acids is 2. The normalized spacial score (nSPS) is 23.6. The van der Waals surface area contributed by atoms with Crippen molar-refractivity contribution in [3.63, 3.8) is 0 Å². The number of amides is 2. The fourth-order valence-electron chi connectivity index (χ4n) is 2.41. The molecule has 0 aromatic carbocycles. The number of hydrogen-bond donors (Lipinski definition) is 3. The van der Waals surface area contributed by atoms with Gasteiger partial charge in [0.25, 0.3) is 0 Å². The molecule has 3 atom stereocenters. The highest BCUT2D eigenvalue weighted by atomic mass is 35.5. The van der Waals surface area contributed by atoms with Crippen molar-refractivity contribution in [1.82, 2.24) is 10.6 Å². The topological polar surface area (TPSA) is 84.2 Å². The van der Waals surface area contributed by atoms with Gasteiger partial charge >= 0.3 is 0 Å². The van der Waals surface area contributed by atoms with E-state index in [-0.39, 0.29) is 48.1 Å². The minimum absolute atomic E-state index is 0. The molecule has 1 aliphatic carbocycles. The van der Waals surface area contributed by atoms with Crippen molar-refractivity contribution in [3.8, 4) is 0 Å². The molecule has 2 amide bonds. The molecule has 0 saturated heterocycles. The van der Waals surface area contributed by atoms with Crippen LogP contribution in [-0.2, 0) is 9.59 Å². The Kier molecular flexibility index (Phi) is 8.81. The van der Waals surface area contributed by atoms with Crippen LogP contribution in [0, 0.1) is 11.8 Å². The van der Waals surface area contributed by atoms with Gasteiger partial charge in [-0.2, -0.15) is 0 Å². The van der Waals surface area contributed by atoms with Gasteiger partial charge in [-0.3, -0.25) is 9.59 Å². The third kappa shape index (κ3) is 6.09. The highest BCUT2D eigenvalue weighted by Gasteiger charge is 2.28. The van der Waals surface area contributed by atoms with Crippen LogP contribution in [0.4, 0.5) is 0 Å². The summed E-state index contributed by atoms with van der Waals surface area (Å²) in [5, 5.41) is 5.96. The van der Waals surface area contributed by atoms with E-state index in [1.165, 1.54) is 0 Å². The van der Waals surface area contributed by atoms with E-state index >= 15 is 0 Å². The summed E-state index contributed by atoms with van der Waals surface area (Å²) < 4.78 is 0. The summed E-state index contributed by atoms with van der Waals surface area (Å²) in [7, 11) is 0. The Balaban J connectivity index is 0.00000361. The van der Waals surface area contributed by atoms with E-state index in [9.17, 15) is 9.59 Å². The average Bonchev–Trinajstić information content (AvgIpc) is 2.37. The minimum atomic E-state index is -0.162. The lowest BCUT2D eigenvalue weighted by Gasteiger charge is -2.30. The molecule has 1 fully saturated rings. The van der Waals surface area contributed by atoms with Crippen molar-refractivity contribution in [1.29, 1.82) is 0 Å². The fourth-order valence-corrected chi connectivity index (χ4v) is 2.41. The van der Waals surface area contributed by atoms with E-state index in [1.807, 2.05) is 20.8 Å². The van der Waals surface area contributed by atoms with Gasteiger partial charge in [0.05, 0.1) is 0 Å². The quantitative estimate of drug-likeness (QED) is 0.713. The molecule has 118 valence electrons. The summed E-state index contributed by atoms with van der Waals surface area (Å²) in [5.74, 6) is -0.0299. The summed E-state index contributed by atoms with van der Waals surface area (Å²) >= 11 is 0. The standard InChI is InChI=1S/C14H27N3O2.ClH/c1-9(2)16-14(19)11-5-4-6-12(7-11)17-13(18)10(3)8-15;/h9-12H,4-8,15H2,1-3H3,(H,16,19)(H,17,18);1H. The second kappa shape index (κ2) is 9.19. The van der Waals surface area contributed by atoms with Crippen LogP contribution in [0.3, 0.4) is 0 Å². The van der Waals surface area contributed by atoms with E-state index in [0.29, 0.717) is 6.54 Å². The summed E-state index contributed by atoms with van der Waals surface area (Å²) in [6.45, 7) is 6.10. The Morgan fingerprint density at radius 2 is 1.90 bits per heavy atom. The van der Waals surface area contributed by atoms with Gasteiger partial charge in [0.1, 0.15) is 0 Å². The van der Waals surface area contributed by atoms with Gasteiger partial charge in [0.15, 0.2) is 0 Å². The first-order chi connectivity index (χ1) is 8.93. The Hall–Kier alpha value is -0.810. The first-order valence-corrected chi connectivity index (χ1v) is 7.24. The lowest BCUT2D eigenvalue weighted by Crippen LogP contribution is -2.45. The molecule has 20 heavy (non-hydrogen) atoms. The van der Waals surface area contributed by atoms with Gasteiger partial charge in [0, 0.05) is 30.5 Å². The fraction of sp³-hybridized carbons (Fsp3) is 0.857. The van der Waals surface area contributed by atoms with Crippen LogP contribution in [0.15, 0.2) is 0 Å². The molecule has 0 aliphatic heterocycles. The van der Waals surface area contributed by atoms with Crippen LogP contribution in [0.5, 0.6) is 0 Å². The van der Waals surface area contributed by atoms with Gasteiger partial charge in [-0.25, -0.2) is 0 Å². The maximum absolute atomic E-state index is 12.0. The van der Waals surface area contributed by atoms with Crippen molar-refractivity contribution < 1.29 is 9.59 Å². The van der Waals surface area contributed by atoms with E-state index < -0.39 is 0 Å². The number of hydrogen-bond acceptors (Lipinski definition) is 3. The zero-order valence-electron chi connectivity index (χ0n) is 12.6. The molecule has 3 unspecified atom stereocenters. The summed E-state index contributed by atoms with van der Waals surface area (Å²) in [5.41, 5.74) is 5.48. The number of nitrogens with one attached hydrogen (secondary N) is 2. The molecule has 0 spiro atoms. The average molecular weight is 306 g/mol. The molecular weight excluding hydrogens is 278 g/mol. The first kappa shape index (κ1) is 19.2. The Labute approximate surface area is 127 Å². The van der Waals surface area contributed by atoms with E-state index in [0.717, 1.165) is 25.7 Å².